The summed E-state index contributed by atoms with van der Waals surface area (Å²) in [6.07, 6.45) is 1.68. The van der Waals surface area contributed by atoms with Gasteiger partial charge in [-0.15, -0.1) is 11.8 Å². The van der Waals surface area contributed by atoms with Crippen molar-refractivity contribution in [2.75, 3.05) is 18.8 Å². The fourth-order valence-corrected chi connectivity index (χ4v) is 4.29. The molecule has 1 aliphatic rings. The Morgan fingerprint density at radius 1 is 1.31 bits per heavy atom. The number of hydrogen-bond acceptors (Lipinski definition) is 4. The maximum absolute atomic E-state index is 12.5. The lowest BCUT2D eigenvalue weighted by Crippen LogP contribution is -2.42. The predicted molar refractivity (Wildman–Crippen MR) is 105 cm³/mol. The zero-order valence-corrected chi connectivity index (χ0v) is 16.2. The lowest BCUT2D eigenvalue weighted by molar-refractivity contribution is -0.131. The molecule has 1 amide bonds. The van der Waals surface area contributed by atoms with E-state index in [1.807, 2.05) is 42.2 Å². The molecule has 0 saturated carbocycles. The molecule has 1 unspecified atom stereocenters. The molecular formula is C19H26N4O2S. The third-order valence-electron chi connectivity index (χ3n) is 4.91. The number of carbonyl (C=O) groups is 1. The number of piperidine rings is 1. The Hall–Kier alpha value is -2.02. The van der Waals surface area contributed by atoms with Gasteiger partial charge in [0.05, 0.1) is 11.8 Å². The minimum Gasteiger partial charge on any atom is -0.342 e. The van der Waals surface area contributed by atoms with E-state index in [0.717, 1.165) is 43.1 Å². The summed E-state index contributed by atoms with van der Waals surface area (Å²) in [4.78, 5) is 26.6. The Morgan fingerprint density at radius 2 is 2.00 bits per heavy atom. The Morgan fingerprint density at radius 3 is 2.65 bits per heavy atom. The van der Waals surface area contributed by atoms with E-state index in [2.05, 4.69) is 17.1 Å². The summed E-state index contributed by atoms with van der Waals surface area (Å²) in [6, 6.07) is 9.93. The molecule has 1 N–H and O–H groups in total. The normalized spacial score (nSPS) is 16.6. The van der Waals surface area contributed by atoms with Gasteiger partial charge in [-0.3, -0.25) is 9.36 Å². The molecule has 0 bridgehead atoms. The molecule has 1 aromatic carbocycles. The number of H-pyrrole nitrogens is 1. The van der Waals surface area contributed by atoms with Crippen molar-refractivity contribution < 1.29 is 4.79 Å². The number of aromatic amines is 1. The van der Waals surface area contributed by atoms with Crippen molar-refractivity contribution in [2.24, 2.45) is 0 Å². The van der Waals surface area contributed by atoms with Gasteiger partial charge in [0, 0.05) is 19.0 Å². The number of likely N-dealkylation sites (tertiary alicyclic amines) is 1. The number of thioether (sulfide) groups is 1. The van der Waals surface area contributed by atoms with Crippen molar-refractivity contribution in [3.63, 3.8) is 0 Å². The van der Waals surface area contributed by atoms with Gasteiger partial charge in [-0.1, -0.05) is 37.3 Å². The van der Waals surface area contributed by atoms with Crippen LogP contribution in [0.3, 0.4) is 0 Å². The van der Waals surface area contributed by atoms with Crippen molar-refractivity contribution in [1.29, 1.82) is 0 Å². The van der Waals surface area contributed by atoms with Crippen LogP contribution in [0.25, 0.3) is 0 Å². The quantitative estimate of drug-likeness (QED) is 0.843. The summed E-state index contributed by atoms with van der Waals surface area (Å²) in [5.41, 5.74) is 0.908. The fraction of sp³-hybridized carbons (Fsp3) is 0.526. The van der Waals surface area contributed by atoms with Gasteiger partial charge in [0.1, 0.15) is 5.82 Å². The highest BCUT2D eigenvalue weighted by Crippen LogP contribution is 2.27. The van der Waals surface area contributed by atoms with E-state index in [1.54, 1.807) is 16.3 Å². The topological polar surface area (TPSA) is 71.0 Å². The molecule has 1 aromatic heterocycles. The van der Waals surface area contributed by atoms with Crippen LogP contribution in [0.1, 0.15) is 44.0 Å². The Balaban J connectivity index is 1.67. The van der Waals surface area contributed by atoms with E-state index >= 15 is 0 Å². The van der Waals surface area contributed by atoms with Crippen molar-refractivity contribution >= 4 is 17.7 Å². The highest BCUT2D eigenvalue weighted by Gasteiger charge is 2.29. The summed E-state index contributed by atoms with van der Waals surface area (Å²) < 4.78 is 1.73. The molecule has 1 aliphatic heterocycles. The smallest absolute Gasteiger partial charge is 0.342 e. The first kappa shape index (κ1) is 18.8. The molecule has 0 radical (unpaired) electrons. The summed E-state index contributed by atoms with van der Waals surface area (Å²) in [5, 5.41) is 6.90. The SMILES string of the molecule is CCSC(C)C(=O)N1CCC(c2n[nH]c(=O)n2Cc2ccccc2)CC1. The Labute approximate surface area is 158 Å². The van der Waals surface area contributed by atoms with Gasteiger partial charge in [-0.05, 0) is 31.1 Å². The third kappa shape index (κ3) is 4.20. The molecule has 1 saturated heterocycles. The van der Waals surface area contributed by atoms with Gasteiger partial charge in [0.2, 0.25) is 5.91 Å². The van der Waals surface area contributed by atoms with Crippen LogP contribution >= 0.6 is 11.8 Å². The summed E-state index contributed by atoms with van der Waals surface area (Å²) in [5.74, 6) is 2.18. The van der Waals surface area contributed by atoms with Gasteiger partial charge in [-0.25, -0.2) is 9.89 Å². The van der Waals surface area contributed by atoms with Crippen LogP contribution in [0.5, 0.6) is 0 Å². The number of hydrogen-bond donors (Lipinski definition) is 1. The highest BCUT2D eigenvalue weighted by atomic mass is 32.2. The standard InChI is InChI=1S/C19H26N4O2S/c1-3-26-14(2)18(24)22-11-9-16(10-12-22)17-20-21-19(25)23(17)13-15-7-5-4-6-8-15/h4-8,14,16H,3,9-13H2,1-2H3,(H,21,25). The number of benzene rings is 1. The summed E-state index contributed by atoms with van der Waals surface area (Å²) >= 11 is 1.68. The molecule has 26 heavy (non-hydrogen) atoms. The van der Waals surface area contributed by atoms with E-state index in [0.29, 0.717) is 6.54 Å². The van der Waals surface area contributed by atoms with Crippen LogP contribution in [0, 0.1) is 0 Å². The van der Waals surface area contributed by atoms with Crippen LogP contribution in [-0.2, 0) is 11.3 Å². The van der Waals surface area contributed by atoms with Gasteiger partial charge >= 0.3 is 5.69 Å². The maximum Gasteiger partial charge on any atom is 0.343 e. The van der Waals surface area contributed by atoms with Crippen molar-refractivity contribution in [1.82, 2.24) is 19.7 Å². The van der Waals surface area contributed by atoms with Gasteiger partial charge in [-0.2, -0.15) is 5.10 Å². The largest absolute Gasteiger partial charge is 0.343 e. The fourth-order valence-electron chi connectivity index (χ4n) is 3.50. The second kappa shape index (κ2) is 8.58. The van der Waals surface area contributed by atoms with Crippen molar-refractivity contribution in [2.45, 2.75) is 44.4 Å². The van der Waals surface area contributed by atoms with E-state index in [1.165, 1.54) is 0 Å². The molecule has 140 valence electrons. The second-order valence-electron chi connectivity index (χ2n) is 6.66. The highest BCUT2D eigenvalue weighted by molar-refractivity contribution is 8.00. The monoisotopic (exact) mass is 374 g/mol. The number of aromatic nitrogens is 3. The molecule has 1 fully saturated rings. The second-order valence-corrected chi connectivity index (χ2v) is 8.27. The van der Waals surface area contributed by atoms with E-state index in [4.69, 9.17) is 0 Å². The van der Waals surface area contributed by atoms with Crippen LogP contribution < -0.4 is 5.69 Å². The van der Waals surface area contributed by atoms with E-state index in [9.17, 15) is 9.59 Å². The number of carbonyl (C=O) groups excluding carboxylic acids is 1. The molecule has 1 atom stereocenters. The number of amides is 1. The first-order valence-corrected chi connectivity index (χ1v) is 10.2. The van der Waals surface area contributed by atoms with Crippen LogP contribution in [0.2, 0.25) is 0 Å². The zero-order chi connectivity index (χ0) is 18.5. The average Bonchev–Trinajstić information content (AvgIpc) is 3.03. The van der Waals surface area contributed by atoms with E-state index in [-0.39, 0.29) is 22.8 Å². The Bertz CT molecular complexity index is 778. The molecule has 0 spiro atoms. The first-order valence-electron chi connectivity index (χ1n) is 9.19. The molecule has 0 aliphatic carbocycles. The summed E-state index contributed by atoms with van der Waals surface area (Å²) in [6.45, 7) is 6.03. The predicted octanol–water partition coefficient (Wildman–Crippen LogP) is 2.47. The van der Waals surface area contributed by atoms with Crippen molar-refractivity contribution in [3.8, 4) is 0 Å². The molecule has 3 rings (SSSR count). The molecule has 2 aromatic rings. The average molecular weight is 375 g/mol. The van der Waals surface area contributed by atoms with Gasteiger partial charge < -0.3 is 4.90 Å². The number of nitrogens with one attached hydrogen (secondary N) is 1. The lowest BCUT2D eigenvalue weighted by atomic mass is 9.95. The van der Waals surface area contributed by atoms with Crippen LogP contribution in [-0.4, -0.2) is 49.7 Å². The zero-order valence-electron chi connectivity index (χ0n) is 15.4. The van der Waals surface area contributed by atoms with E-state index < -0.39 is 0 Å². The number of rotatable bonds is 6. The molecule has 7 heteroatoms. The van der Waals surface area contributed by atoms with Crippen molar-refractivity contribution in [3.05, 3.63) is 52.2 Å². The molecule has 2 heterocycles. The van der Waals surface area contributed by atoms with Crippen LogP contribution in [0.4, 0.5) is 0 Å². The molecular weight excluding hydrogens is 348 g/mol. The Kier molecular flexibility index (Phi) is 6.19. The summed E-state index contributed by atoms with van der Waals surface area (Å²) in [7, 11) is 0. The minimum absolute atomic E-state index is 0.0122. The van der Waals surface area contributed by atoms with Crippen LogP contribution in [0.15, 0.2) is 35.1 Å². The first-order chi connectivity index (χ1) is 12.6. The molecule has 6 nitrogen and oxygen atoms in total. The number of nitrogens with zero attached hydrogens (tertiary/aromatic N) is 3. The minimum atomic E-state index is -0.171. The third-order valence-corrected chi connectivity index (χ3v) is 5.94. The van der Waals surface area contributed by atoms with Gasteiger partial charge in [0.15, 0.2) is 0 Å². The van der Waals surface area contributed by atoms with Gasteiger partial charge in [0.25, 0.3) is 0 Å². The lowest BCUT2D eigenvalue weighted by Gasteiger charge is -2.33. The maximum atomic E-state index is 12.5.